The first-order chi connectivity index (χ1) is 23.6. The second kappa shape index (κ2) is 17.7. The van der Waals surface area contributed by atoms with Crippen LogP contribution in [0.1, 0.15) is 80.1 Å². The van der Waals surface area contributed by atoms with E-state index in [1.807, 2.05) is 13.8 Å². The molecule has 0 fully saturated rings. The molecular weight excluding hydrogens is 685 g/mol. The van der Waals surface area contributed by atoms with Gasteiger partial charge in [-0.3, -0.25) is 29.2 Å². The van der Waals surface area contributed by atoms with Crippen LogP contribution in [0.25, 0.3) is 0 Å². The van der Waals surface area contributed by atoms with Crippen LogP contribution < -0.4 is 10.6 Å². The van der Waals surface area contributed by atoms with Gasteiger partial charge in [-0.25, -0.2) is 0 Å². The molecule has 0 aromatic heterocycles. The molecule has 0 radical (unpaired) electrons. The van der Waals surface area contributed by atoms with Crippen LogP contribution in [-0.4, -0.2) is 100 Å². The lowest BCUT2D eigenvalue weighted by Crippen LogP contribution is -2.48. The van der Waals surface area contributed by atoms with Crippen LogP contribution in [0.5, 0.6) is 0 Å². The lowest BCUT2D eigenvalue weighted by Gasteiger charge is -2.27. The van der Waals surface area contributed by atoms with Crippen molar-refractivity contribution in [2.24, 2.45) is 20.3 Å². The Labute approximate surface area is 300 Å². The average Bonchev–Trinajstić information content (AvgIpc) is 3.67. The molecule has 2 amide bonds. The largest absolute Gasteiger partial charge is 0.508 e. The number of allylic oxidation sites excluding steroid dienone is 4. The van der Waals surface area contributed by atoms with E-state index in [4.69, 9.17) is 10.4 Å². The number of hydrogen-bond donors (Lipinski definition) is 6. The zero-order valence-electron chi connectivity index (χ0n) is 29.1. The molecule has 0 aromatic carbocycles. The van der Waals surface area contributed by atoms with Crippen molar-refractivity contribution in [1.29, 1.82) is 0 Å². The maximum atomic E-state index is 12.8. The SMILES string of the molecule is CCC[C@@H](NC(=O)[C@]1(C)CSC(/C(C)=N/O)=N1)C1=CC(O)=CC(=O)C1.CCC[C@@H](NC(=O)[C@]1(C)CSC(/C(C)=N\O)=N1)C1=CC(O)=CC(=O)C1. The summed E-state index contributed by atoms with van der Waals surface area (Å²) in [5.74, 6) is -0.126. The highest BCUT2D eigenvalue weighted by atomic mass is 32.2. The summed E-state index contributed by atoms with van der Waals surface area (Å²) < 4.78 is 0. The third-order valence-electron chi connectivity index (χ3n) is 8.28. The molecule has 2 heterocycles. The van der Waals surface area contributed by atoms with Crippen LogP contribution in [-0.2, 0) is 19.2 Å². The first-order valence-corrected chi connectivity index (χ1v) is 18.3. The van der Waals surface area contributed by atoms with Crippen LogP contribution in [0.4, 0.5) is 0 Å². The number of ketones is 2. The van der Waals surface area contributed by atoms with Crippen molar-refractivity contribution in [2.75, 3.05) is 11.5 Å². The Hall–Kier alpha value is -4.18. The standard InChI is InChI=1S/2C17H23N3O4S/c2*1-4-5-14(11-6-12(21)8-13(22)7-11)18-16(23)17(3)9-25-15(19-17)10(2)20-24/h2*6,8,14,21,24H,4-5,7,9H2,1-3H3,(H,18,23)/b20-10+;20-10-/t2*14-,17+/m11/s1. The molecule has 4 rings (SSSR count). The fourth-order valence-corrected chi connectivity index (χ4v) is 7.69. The first kappa shape index (κ1) is 40.3. The molecule has 272 valence electrons. The predicted molar refractivity (Wildman–Crippen MR) is 197 cm³/mol. The second-order valence-electron chi connectivity index (χ2n) is 12.8. The van der Waals surface area contributed by atoms with Gasteiger partial charge in [0.05, 0.1) is 12.1 Å². The lowest BCUT2D eigenvalue weighted by molar-refractivity contribution is -0.126. The molecule has 16 heteroatoms. The molecule has 0 unspecified atom stereocenters. The normalized spacial score (nSPS) is 25.2. The lowest BCUT2D eigenvalue weighted by atomic mass is 9.92. The fraction of sp³-hybridized carbons (Fsp3) is 0.529. The van der Waals surface area contributed by atoms with E-state index in [9.17, 15) is 29.4 Å². The molecule has 0 spiro atoms. The second-order valence-corrected chi connectivity index (χ2v) is 14.8. The van der Waals surface area contributed by atoms with Gasteiger partial charge in [0, 0.05) is 36.5 Å². The van der Waals surface area contributed by atoms with E-state index in [0.717, 1.165) is 12.8 Å². The summed E-state index contributed by atoms with van der Waals surface area (Å²) in [5.41, 5.74) is 0.229. The fourth-order valence-electron chi connectivity index (χ4n) is 5.44. The number of aliphatic imine (C=N–C) groups is 2. The Balaban J connectivity index is 0.000000270. The van der Waals surface area contributed by atoms with Gasteiger partial charge in [0.15, 0.2) is 11.6 Å². The highest BCUT2D eigenvalue weighted by Crippen LogP contribution is 2.31. The van der Waals surface area contributed by atoms with Crippen molar-refractivity contribution < 1.29 is 39.8 Å². The smallest absolute Gasteiger partial charge is 0.249 e. The number of oxime groups is 2. The number of rotatable bonds is 12. The van der Waals surface area contributed by atoms with Gasteiger partial charge in [-0.1, -0.05) is 37.0 Å². The zero-order valence-corrected chi connectivity index (χ0v) is 30.8. The van der Waals surface area contributed by atoms with Crippen LogP contribution in [0.3, 0.4) is 0 Å². The highest BCUT2D eigenvalue weighted by Gasteiger charge is 2.41. The Bertz CT molecular complexity index is 1510. The third-order valence-corrected chi connectivity index (χ3v) is 11.0. The van der Waals surface area contributed by atoms with Gasteiger partial charge < -0.3 is 31.3 Å². The number of carbonyl (C=O) groups is 4. The van der Waals surface area contributed by atoms with Crippen LogP contribution in [0.2, 0.25) is 0 Å². The van der Waals surface area contributed by atoms with Crippen molar-refractivity contribution in [3.8, 4) is 0 Å². The third kappa shape index (κ3) is 10.4. The number of amides is 2. The minimum Gasteiger partial charge on any atom is -0.508 e. The Morgan fingerprint density at radius 2 is 1.12 bits per heavy atom. The quantitative estimate of drug-likeness (QED) is 0.0920. The number of hydrogen-bond acceptors (Lipinski definition) is 14. The van der Waals surface area contributed by atoms with Gasteiger partial charge in [0.1, 0.15) is 44.1 Å². The van der Waals surface area contributed by atoms with Gasteiger partial charge in [-0.15, -0.1) is 23.5 Å². The van der Waals surface area contributed by atoms with E-state index >= 15 is 0 Å². The topological polar surface area (TPSA) is 223 Å². The van der Waals surface area contributed by atoms with E-state index in [1.54, 1.807) is 39.8 Å². The number of carbonyl (C=O) groups excluding carboxylic acids is 4. The molecule has 2 aliphatic carbocycles. The molecule has 0 saturated heterocycles. The van der Waals surface area contributed by atoms with E-state index in [-0.39, 0.29) is 59.8 Å². The molecule has 2 aliphatic heterocycles. The van der Waals surface area contributed by atoms with Crippen LogP contribution in [0.15, 0.2) is 67.3 Å². The zero-order chi connectivity index (χ0) is 37.2. The molecular formula is C34H46N6O8S2. The van der Waals surface area contributed by atoms with Crippen molar-refractivity contribution in [3.63, 3.8) is 0 Å². The van der Waals surface area contributed by atoms with E-state index in [1.165, 1.54) is 35.7 Å². The van der Waals surface area contributed by atoms with Crippen molar-refractivity contribution in [3.05, 3.63) is 47.0 Å². The molecule has 14 nitrogen and oxygen atoms in total. The highest BCUT2D eigenvalue weighted by molar-refractivity contribution is 8.16. The van der Waals surface area contributed by atoms with Gasteiger partial charge in [0.2, 0.25) is 11.8 Å². The van der Waals surface area contributed by atoms with Crippen molar-refractivity contribution in [2.45, 2.75) is 103 Å². The van der Waals surface area contributed by atoms with Gasteiger partial charge in [0.25, 0.3) is 0 Å². The summed E-state index contributed by atoms with van der Waals surface area (Å²) in [7, 11) is 0. The predicted octanol–water partition coefficient (Wildman–Crippen LogP) is 4.73. The first-order valence-electron chi connectivity index (χ1n) is 16.3. The van der Waals surface area contributed by atoms with Crippen LogP contribution in [0, 0.1) is 0 Å². The minimum atomic E-state index is -0.963. The summed E-state index contributed by atoms with van der Waals surface area (Å²) in [6.07, 6.45) is 8.80. The minimum absolute atomic E-state index is 0.0840. The summed E-state index contributed by atoms with van der Waals surface area (Å²) >= 11 is 2.74. The molecule has 4 aliphatic rings. The molecule has 50 heavy (non-hydrogen) atoms. The molecule has 0 aromatic rings. The molecule has 6 N–H and O–H groups in total. The molecule has 0 saturated carbocycles. The van der Waals surface area contributed by atoms with E-state index in [2.05, 4.69) is 30.9 Å². The maximum absolute atomic E-state index is 12.8. The number of nitrogens with zero attached hydrogens (tertiary/aromatic N) is 4. The number of aliphatic hydroxyl groups excluding tert-OH is 2. The van der Waals surface area contributed by atoms with Crippen molar-refractivity contribution in [1.82, 2.24) is 10.6 Å². The van der Waals surface area contributed by atoms with Crippen molar-refractivity contribution >= 4 is 68.4 Å². The molecule has 4 atom stereocenters. The van der Waals surface area contributed by atoms with Crippen LogP contribution >= 0.6 is 23.5 Å². The van der Waals surface area contributed by atoms with E-state index in [0.29, 0.717) is 57.0 Å². The summed E-state index contributed by atoms with van der Waals surface area (Å²) in [5, 5.41) is 50.4. The van der Waals surface area contributed by atoms with Gasteiger partial charge >= 0.3 is 0 Å². The monoisotopic (exact) mass is 730 g/mol. The number of thioether (sulfide) groups is 2. The summed E-state index contributed by atoms with van der Waals surface area (Å²) in [4.78, 5) is 57.8. The summed E-state index contributed by atoms with van der Waals surface area (Å²) in [6, 6.07) is -0.656. The average molecular weight is 731 g/mol. The Kier molecular flexibility index (Phi) is 14.2. The number of nitrogens with one attached hydrogen (secondary N) is 2. The maximum Gasteiger partial charge on any atom is 0.249 e. The Morgan fingerprint density at radius 3 is 1.42 bits per heavy atom. The molecule has 0 bridgehead atoms. The van der Waals surface area contributed by atoms with Gasteiger partial charge in [-0.05, 0) is 63.8 Å². The van der Waals surface area contributed by atoms with E-state index < -0.39 is 11.1 Å². The van der Waals surface area contributed by atoms with Gasteiger partial charge in [-0.2, -0.15) is 0 Å². The number of aliphatic hydroxyl groups is 2. The summed E-state index contributed by atoms with van der Waals surface area (Å²) in [6.45, 7) is 10.7. The Morgan fingerprint density at radius 1 is 0.760 bits per heavy atom.